The molecule has 0 aliphatic heterocycles. The molecule has 0 unspecified atom stereocenters. The summed E-state index contributed by atoms with van der Waals surface area (Å²) in [6, 6.07) is 1.15. The number of carbonyl (C=O) groups excluding carboxylic acids is 2. The van der Waals surface area contributed by atoms with Crippen LogP contribution in [-0.2, 0) is 22.2 Å². The van der Waals surface area contributed by atoms with E-state index >= 15 is 0 Å². The van der Waals surface area contributed by atoms with Gasteiger partial charge in [-0.3, -0.25) is 9.59 Å². The standard InChI is InChI=1S/C12H10F4NO2/c1-7(6-18)17-11(19)4-8-2-3-9(13)5-10(8)12(14,15)16/h2-3,5,7H,4H2,1H3,(H,17,19)/t7-/m0/s1. The van der Waals surface area contributed by atoms with E-state index < -0.39 is 35.9 Å². The Balaban J connectivity index is 2.95. The molecule has 1 aromatic carbocycles. The number of hydrogen-bond donors (Lipinski definition) is 1. The van der Waals surface area contributed by atoms with Crippen molar-refractivity contribution in [2.45, 2.75) is 25.6 Å². The van der Waals surface area contributed by atoms with Crippen LogP contribution < -0.4 is 5.32 Å². The van der Waals surface area contributed by atoms with Crippen molar-refractivity contribution >= 4 is 12.2 Å². The Kier molecular flexibility index (Phi) is 4.63. The number of halogens is 4. The zero-order valence-electron chi connectivity index (χ0n) is 9.84. The van der Waals surface area contributed by atoms with Gasteiger partial charge in [0.15, 0.2) is 0 Å². The smallest absolute Gasteiger partial charge is 0.346 e. The Morgan fingerprint density at radius 1 is 1.42 bits per heavy atom. The van der Waals surface area contributed by atoms with Gasteiger partial charge in [0.1, 0.15) is 5.82 Å². The van der Waals surface area contributed by atoms with Crippen LogP contribution in [0.2, 0.25) is 0 Å². The molecule has 7 heteroatoms. The second kappa shape index (κ2) is 5.81. The van der Waals surface area contributed by atoms with Crippen LogP contribution in [-0.4, -0.2) is 18.2 Å². The first-order valence-electron chi connectivity index (χ1n) is 5.26. The third kappa shape index (κ3) is 4.35. The summed E-state index contributed by atoms with van der Waals surface area (Å²) >= 11 is 0. The van der Waals surface area contributed by atoms with E-state index in [0.717, 1.165) is 12.1 Å². The highest BCUT2D eigenvalue weighted by Gasteiger charge is 2.34. The molecule has 1 atom stereocenters. The lowest BCUT2D eigenvalue weighted by atomic mass is 10.0. The molecule has 103 valence electrons. The van der Waals surface area contributed by atoms with Gasteiger partial charge < -0.3 is 5.32 Å². The SMILES string of the molecule is C[C@@H]([C]=O)NC(=O)Cc1ccc(F)cc1C(F)(F)F. The number of nitrogens with one attached hydrogen (secondary N) is 1. The minimum Gasteiger partial charge on any atom is -0.346 e. The third-order valence-corrected chi connectivity index (χ3v) is 2.28. The minimum absolute atomic E-state index is 0.331. The maximum Gasteiger partial charge on any atom is 0.416 e. The molecule has 1 amide bonds. The van der Waals surface area contributed by atoms with E-state index in [0.29, 0.717) is 6.07 Å². The molecule has 0 heterocycles. The summed E-state index contributed by atoms with van der Waals surface area (Å²) < 4.78 is 50.8. The molecule has 0 aliphatic rings. The van der Waals surface area contributed by atoms with Crippen molar-refractivity contribution < 1.29 is 27.2 Å². The molecule has 19 heavy (non-hydrogen) atoms. The lowest BCUT2D eigenvalue weighted by molar-refractivity contribution is -0.138. The van der Waals surface area contributed by atoms with Gasteiger partial charge in [0.2, 0.25) is 12.2 Å². The van der Waals surface area contributed by atoms with Crippen molar-refractivity contribution in [2.75, 3.05) is 0 Å². The largest absolute Gasteiger partial charge is 0.416 e. The van der Waals surface area contributed by atoms with Gasteiger partial charge in [-0.2, -0.15) is 13.2 Å². The highest BCUT2D eigenvalue weighted by molar-refractivity contribution is 5.81. The lowest BCUT2D eigenvalue weighted by Crippen LogP contribution is -2.35. The molecule has 3 nitrogen and oxygen atoms in total. The van der Waals surface area contributed by atoms with Gasteiger partial charge in [-0.1, -0.05) is 6.07 Å². The Morgan fingerprint density at radius 3 is 2.58 bits per heavy atom. The van der Waals surface area contributed by atoms with Crippen molar-refractivity contribution in [3.05, 3.63) is 35.1 Å². The number of carbonyl (C=O) groups is 1. The summed E-state index contributed by atoms with van der Waals surface area (Å²) in [7, 11) is 0. The van der Waals surface area contributed by atoms with Gasteiger partial charge in [0, 0.05) is 0 Å². The predicted molar refractivity (Wildman–Crippen MR) is 58.4 cm³/mol. The number of rotatable bonds is 4. The van der Waals surface area contributed by atoms with Crippen molar-refractivity contribution in [3.63, 3.8) is 0 Å². The Bertz CT molecular complexity index is 485. The molecule has 0 aromatic heterocycles. The number of amides is 1. The van der Waals surface area contributed by atoms with E-state index in [4.69, 9.17) is 0 Å². The number of alkyl halides is 3. The molecule has 1 N–H and O–H groups in total. The molecular formula is C12H10F4NO2. The van der Waals surface area contributed by atoms with Gasteiger partial charge >= 0.3 is 6.18 Å². The zero-order chi connectivity index (χ0) is 14.6. The first-order chi connectivity index (χ1) is 8.74. The summed E-state index contributed by atoms with van der Waals surface area (Å²) in [4.78, 5) is 21.6. The fraction of sp³-hybridized carbons (Fsp3) is 0.333. The Labute approximate surface area is 106 Å². The van der Waals surface area contributed by atoms with Crippen LogP contribution >= 0.6 is 0 Å². The van der Waals surface area contributed by atoms with Gasteiger partial charge in [-0.05, 0) is 24.6 Å². The van der Waals surface area contributed by atoms with E-state index in [-0.39, 0.29) is 5.56 Å². The molecule has 0 bridgehead atoms. The van der Waals surface area contributed by atoms with Crippen molar-refractivity contribution in [3.8, 4) is 0 Å². The van der Waals surface area contributed by atoms with Crippen molar-refractivity contribution in [1.82, 2.24) is 5.32 Å². The fourth-order valence-electron chi connectivity index (χ4n) is 1.46. The number of benzene rings is 1. The average molecular weight is 276 g/mol. The Morgan fingerprint density at radius 2 is 2.05 bits per heavy atom. The summed E-state index contributed by atoms with van der Waals surface area (Å²) in [5.74, 6) is -1.81. The summed E-state index contributed by atoms with van der Waals surface area (Å²) in [5, 5.41) is 2.15. The van der Waals surface area contributed by atoms with Crippen LogP contribution in [0.1, 0.15) is 18.1 Å². The molecule has 0 fully saturated rings. The number of hydrogen-bond acceptors (Lipinski definition) is 2. The summed E-state index contributed by atoms with van der Waals surface area (Å²) in [6.45, 7) is 1.33. The molecule has 0 saturated carbocycles. The van der Waals surface area contributed by atoms with Crippen molar-refractivity contribution in [2.24, 2.45) is 0 Å². The minimum atomic E-state index is -4.75. The maximum absolute atomic E-state index is 12.8. The zero-order valence-corrected chi connectivity index (χ0v) is 9.84. The third-order valence-electron chi connectivity index (χ3n) is 2.28. The first kappa shape index (κ1) is 15.1. The predicted octanol–water partition coefficient (Wildman–Crippen LogP) is 2.00. The van der Waals surface area contributed by atoms with E-state index in [1.54, 1.807) is 0 Å². The van der Waals surface area contributed by atoms with Gasteiger partial charge in [-0.25, -0.2) is 4.39 Å². The Hall–Kier alpha value is -1.92. The normalized spacial score (nSPS) is 12.9. The van der Waals surface area contributed by atoms with Crippen LogP contribution in [0.25, 0.3) is 0 Å². The maximum atomic E-state index is 12.8. The summed E-state index contributed by atoms with van der Waals surface area (Å²) in [6.07, 6.45) is -3.87. The molecular weight excluding hydrogens is 266 g/mol. The van der Waals surface area contributed by atoms with Crippen LogP contribution in [0, 0.1) is 5.82 Å². The second-order valence-electron chi connectivity index (χ2n) is 3.88. The van der Waals surface area contributed by atoms with E-state index in [1.165, 1.54) is 13.2 Å². The van der Waals surface area contributed by atoms with Crippen LogP contribution in [0.5, 0.6) is 0 Å². The van der Waals surface area contributed by atoms with Gasteiger partial charge in [0.25, 0.3) is 0 Å². The van der Waals surface area contributed by atoms with Gasteiger partial charge in [-0.15, -0.1) is 0 Å². The van der Waals surface area contributed by atoms with Gasteiger partial charge in [0.05, 0.1) is 18.0 Å². The molecule has 0 saturated heterocycles. The second-order valence-corrected chi connectivity index (χ2v) is 3.88. The monoisotopic (exact) mass is 276 g/mol. The first-order valence-corrected chi connectivity index (χ1v) is 5.26. The van der Waals surface area contributed by atoms with Crippen LogP contribution in [0.15, 0.2) is 18.2 Å². The van der Waals surface area contributed by atoms with Crippen LogP contribution in [0.3, 0.4) is 0 Å². The fourth-order valence-corrected chi connectivity index (χ4v) is 1.46. The average Bonchev–Trinajstić information content (AvgIpc) is 2.29. The van der Waals surface area contributed by atoms with Crippen molar-refractivity contribution in [1.29, 1.82) is 0 Å². The molecule has 1 radical (unpaired) electrons. The quantitative estimate of drug-likeness (QED) is 0.855. The van der Waals surface area contributed by atoms with Crippen LogP contribution in [0.4, 0.5) is 17.6 Å². The molecule has 1 aromatic rings. The summed E-state index contributed by atoms with van der Waals surface area (Å²) in [5.41, 5.74) is -1.56. The van der Waals surface area contributed by atoms with E-state index in [1.807, 2.05) is 0 Å². The van der Waals surface area contributed by atoms with E-state index in [9.17, 15) is 27.2 Å². The molecule has 0 spiro atoms. The molecule has 1 rings (SSSR count). The highest BCUT2D eigenvalue weighted by atomic mass is 19.4. The highest BCUT2D eigenvalue weighted by Crippen LogP contribution is 2.32. The topological polar surface area (TPSA) is 46.2 Å². The van der Waals surface area contributed by atoms with E-state index in [2.05, 4.69) is 5.32 Å². The molecule has 0 aliphatic carbocycles. The lowest BCUT2D eigenvalue weighted by Gasteiger charge is -2.13.